The second kappa shape index (κ2) is 11.4. The Morgan fingerprint density at radius 2 is 1.66 bits per heavy atom. The Balaban J connectivity index is 1.22. The summed E-state index contributed by atoms with van der Waals surface area (Å²) in [6, 6.07) is 17.2. The maximum absolute atomic E-state index is 13.7. The van der Waals surface area contributed by atoms with Gasteiger partial charge in [-0.1, -0.05) is 18.2 Å². The Morgan fingerprint density at radius 3 is 2.42 bits per heavy atom. The van der Waals surface area contributed by atoms with E-state index in [9.17, 15) is 13.2 Å². The number of fused-ring (bicyclic) bond motifs is 1. The van der Waals surface area contributed by atoms with Gasteiger partial charge >= 0.3 is 6.18 Å². The van der Waals surface area contributed by atoms with Gasteiger partial charge in [0.2, 0.25) is 0 Å². The van der Waals surface area contributed by atoms with Crippen molar-refractivity contribution in [2.45, 2.75) is 19.6 Å². The van der Waals surface area contributed by atoms with Gasteiger partial charge in [0.1, 0.15) is 12.4 Å². The van der Waals surface area contributed by atoms with Crippen LogP contribution in [-0.4, -0.2) is 59.1 Å². The molecule has 0 unspecified atom stereocenters. The summed E-state index contributed by atoms with van der Waals surface area (Å²) in [6.45, 7) is 7.34. The van der Waals surface area contributed by atoms with Crippen LogP contribution < -0.4 is 10.1 Å². The molecule has 2 aromatic heterocycles. The van der Waals surface area contributed by atoms with E-state index >= 15 is 0 Å². The van der Waals surface area contributed by atoms with Crippen LogP contribution in [0.1, 0.15) is 16.8 Å². The second-order valence-electron chi connectivity index (χ2n) is 9.52. The molecule has 1 fully saturated rings. The van der Waals surface area contributed by atoms with Crippen molar-refractivity contribution in [1.29, 1.82) is 0 Å². The molecule has 1 saturated heterocycles. The highest BCUT2D eigenvalue weighted by Crippen LogP contribution is 2.36. The third-order valence-electron chi connectivity index (χ3n) is 6.65. The SMILES string of the molecule is Cc1cc(Nc2cc(OCCN3CCN(Cc4ccncc4)CC3)cc(C(F)(F)F)c2)c2ccccc2n1. The van der Waals surface area contributed by atoms with Crippen LogP contribution in [0.5, 0.6) is 5.75 Å². The van der Waals surface area contributed by atoms with Crippen molar-refractivity contribution in [3.8, 4) is 5.75 Å². The molecule has 6 nitrogen and oxygen atoms in total. The molecule has 0 amide bonds. The molecule has 1 N–H and O–H groups in total. The zero-order valence-electron chi connectivity index (χ0n) is 21.2. The highest BCUT2D eigenvalue weighted by molar-refractivity contribution is 5.93. The van der Waals surface area contributed by atoms with Gasteiger partial charge in [-0.25, -0.2) is 0 Å². The maximum atomic E-state index is 13.7. The first-order chi connectivity index (χ1) is 18.3. The van der Waals surface area contributed by atoms with Crippen molar-refractivity contribution in [3.05, 3.63) is 89.9 Å². The van der Waals surface area contributed by atoms with Crippen molar-refractivity contribution < 1.29 is 17.9 Å². The quantitative estimate of drug-likeness (QED) is 0.312. The van der Waals surface area contributed by atoms with Crippen LogP contribution in [0.4, 0.5) is 24.5 Å². The lowest BCUT2D eigenvalue weighted by atomic mass is 10.1. The number of piperazine rings is 1. The van der Waals surface area contributed by atoms with E-state index in [0.717, 1.165) is 61.5 Å². The van der Waals surface area contributed by atoms with Crippen molar-refractivity contribution in [2.24, 2.45) is 0 Å². The number of halogens is 3. The number of para-hydroxylation sites is 1. The number of pyridine rings is 2. The summed E-state index contributed by atoms with van der Waals surface area (Å²) in [5, 5.41) is 4.00. The zero-order valence-corrected chi connectivity index (χ0v) is 21.2. The summed E-state index contributed by atoms with van der Waals surface area (Å²) in [7, 11) is 0. The van der Waals surface area contributed by atoms with Crippen LogP contribution in [0.3, 0.4) is 0 Å². The average Bonchev–Trinajstić information content (AvgIpc) is 2.90. The molecule has 0 atom stereocenters. The van der Waals surface area contributed by atoms with Gasteiger partial charge in [0.05, 0.1) is 11.1 Å². The largest absolute Gasteiger partial charge is 0.492 e. The van der Waals surface area contributed by atoms with E-state index < -0.39 is 11.7 Å². The molecule has 1 aliphatic rings. The molecular formula is C29H30F3N5O. The Kier molecular flexibility index (Phi) is 7.76. The first-order valence-corrected chi connectivity index (χ1v) is 12.7. The average molecular weight is 522 g/mol. The Hall–Kier alpha value is -3.69. The molecule has 0 bridgehead atoms. The van der Waals surface area contributed by atoms with E-state index in [1.165, 1.54) is 5.56 Å². The van der Waals surface area contributed by atoms with E-state index in [2.05, 4.69) is 25.1 Å². The van der Waals surface area contributed by atoms with Crippen LogP contribution in [0.25, 0.3) is 10.9 Å². The van der Waals surface area contributed by atoms with Crippen LogP contribution in [0.2, 0.25) is 0 Å². The number of nitrogens with one attached hydrogen (secondary N) is 1. The first-order valence-electron chi connectivity index (χ1n) is 12.7. The Morgan fingerprint density at radius 1 is 0.921 bits per heavy atom. The van der Waals surface area contributed by atoms with E-state index in [1.807, 2.05) is 49.4 Å². The standard InChI is InChI=1S/C29H30F3N5O/c1-21-16-28(26-4-2-3-5-27(26)34-21)35-24-17-23(29(30,31)32)18-25(19-24)38-15-14-36-10-12-37(13-11-36)20-22-6-8-33-9-7-22/h2-9,16-19H,10-15,20H2,1H3,(H,34,35). The van der Waals surface area contributed by atoms with Gasteiger partial charge in [-0.3, -0.25) is 19.8 Å². The minimum absolute atomic E-state index is 0.189. The lowest BCUT2D eigenvalue weighted by molar-refractivity contribution is -0.137. The molecule has 198 valence electrons. The maximum Gasteiger partial charge on any atom is 0.416 e. The first kappa shape index (κ1) is 25.9. The van der Waals surface area contributed by atoms with Gasteiger partial charge in [-0.2, -0.15) is 13.2 Å². The minimum Gasteiger partial charge on any atom is -0.492 e. The summed E-state index contributed by atoms with van der Waals surface area (Å²) < 4.78 is 46.9. The number of hydrogen-bond acceptors (Lipinski definition) is 6. The summed E-state index contributed by atoms with van der Waals surface area (Å²) >= 11 is 0. The molecule has 2 aromatic carbocycles. The summed E-state index contributed by atoms with van der Waals surface area (Å²) in [5.41, 5.74) is 3.05. The molecule has 0 radical (unpaired) electrons. The van der Waals surface area contributed by atoms with Gasteiger partial charge in [-0.05, 0) is 48.9 Å². The molecule has 0 spiro atoms. The predicted octanol–water partition coefficient (Wildman–Crippen LogP) is 5.90. The number of aromatic nitrogens is 2. The van der Waals surface area contributed by atoms with E-state index in [-0.39, 0.29) is 5.75 Å². The highest BCUT2D eigenvalue weighted by Gasteiger charge is 2.31. The summed E-state index contributed by atoms with van der Waals surface area (Å²) in [4.78, 5) is 13.2. The molecule has 0 aliphatic carbocycles. The van der Waals surface area contributed by atoms with Gasteiger partial charge in [0.15, 0.2) is 0 Å². The van der Waals surface area contributed by atoms with Gasteiger partial charge in [-0.15, -0.1) is 0 Å². The lowest BCUT2D eigenvalue weighted by Gasteiger charge is -2.34. The lowest BCUT2D eigenvalue weighted by Crippen LogP contribution is -2.47. The van der Waals surface area contributed by atoms with Crippen molar-refractivity contribution in [2.75, 3.05) is 44.6 Å². The van der Waals surface area contributed by atoms with E-state index in [0.29, 0.717) is 24.5 Å². The second-order valence-corrected chi connectivity index (χ2v) is 9.52. The Labute approximate surface area is 220 Å². The summed E-state index contributed by atoms with van der Waals surface area (Å²) in [5.74, 6) is 0.189. The van der Waals surface area contributed by atoms with Crippen molar-refractivity contribution >= 4 is 22.3 Å². The van der Waals surface area contributed by atoms with Crippen molar-refractivity contribution in [1.82, 2.24) is 19.8 Å². The molecule has 9 heteroatoms. The monoisotopic (exact) mass is 521 g/mol. The van der Waals surface area contributed by atoms with E-state index in [4.69, 9.17) is 4.74 Å². The number of benzene rings is 2. The molecule has 5 rings (SSSR count). The van der Waals surface area contributed by atoms with Gasteiger partial charge < -0.3 is 10.1 Å². The molecule has 3 heterocycles. The smallest absolute Gasteiger partial charge is 0.416 e. The number of rotatable bonds is 8. The van der Waals surface area contributed by atoms with Crippen molar-refractivity contribution in [3.63, 3.8) is 0 Å². The Bertz CT molecular complexity index is 1370. The summed E-state index contributed by atoms with van der Waals surface area (Å²) in [6.07, 6.45) is -0.882. The number of ether oxygens (including phenoxy) is 1. The molecular weight excluding hydrogens is 491 g/mol. The van der Waals surface area contributed by atoms with Crippen LogP contribution in [-0.2, 0) is 12.7 Å². The van der Waals surface area contributed by atoms with Crippen LogP contribution >= 0.6 is 0 Å². The van der Waals surface area contributed by atoms with Crippen LogP contribution in [0, 0.1) is 6.92 Å². The zero-order chi connectivity index (χ0) is 26.5. The topological polar surface area (TPSA) is 53.5 Å². The molecule has 4 aromatic rings. The number of anilines is 2. The molecule has 38 heavy (non-hydrogen) atoms. The number of alkyl halides is 3. The number of aryl methyl sites for hydroxylation is 1. The highest BCUT2D eigenvalue weighted by atomic mass is 19.4. The third-order valence-corrected chi connectivity index (χ3v) is 6.65. The number of hydrogen-bond donors (Lipinski definition) is 1. The number of nitrogens with zero attached hydrogens (tertiary/aromatic N) is 4. The fourth-order valence-corrected chi connectivity index (χ4v) is 4.69. The fraction of sp³-hybridized carbons (Fsp3) is 0.310. The third kappa shape index (κ3) is 6.59. The van der Waals surface area contributed by atoms with Gasteiger partial charge in [0, 0.05) is 80.2 Å². The minimum atomic E-state index is -4.49. The normalized spacial score (nSPS) is 15.1. The van der Waals surface area contributed by atoms with Crippen LogP contribution in [0.15, 0.2) is 73.1 Å². The van der Waals surface area contributed by atoms with E-state index in [1.54, 1.807) is 18.5 Å². The fourth-order valence-electron chi connectivity index (χ4n) is 4.69. The van der Waals surface area contributed by atoms with Gasteiger partial charge in [0.25, 0.3) is 0 Å². The molecule has 1 aliphatic heterocycles. The predicted molar refractivity (Wildman–Crippen MR) is 143 cm³/mol. The molecule has 0 saturated carbocycles.